The molecule has 2 aromatic heterocycles. The average Bonchev–Trinajstić information content (AvgIpc) is 3.23. The van der Waals surface area contributed by atoms with Gasteiger partial charge in [-0.2, -0.15) is 0 Å². The maximum absolute atomic E-state index is 12.1. The van der Waals surface area contributed by atoms with Crippen LogP contribution in [0.15, 0.2) is 48.5 Å². The monoisotopic (exact) mass is 493 g/mol. The van der Waals surface area contributed by atoms with E-state index in [1.54, 1.807) is 26.8 Å². The Labute approximate surface area is 209 Å². The van der Waals surface area contributed by atoms with Crippen molar-refractivity contribution in [2.45, 2.75) is 32.9 Å². The van der Waals surface area contributed by atoms with E-state index >= 15 is 0 Å². The Balaban J connectivity index is 1.50. The van der Waals surface area contributed by atoms with Crippen LogP contribution in [-0.2, 0) is 16.9 Å². The van der Waals surface area contributed by atoms with Crippen molar-refractivity contribution in [1.29, 1.82) is 0 Å². The Morgan fingerprint density at radius 1 is 1.11 bits per heavy atom. The Morgan fingerprint density at radius 3 is 2.40 bits per heavy atom. The molecule has 4 N–H and O–H groups in total. The first kappa shape index (κ1) is 24.8. The first-order valence-electron chi connectivity index (χ1n) is 11.6. The number of thiophene rings is 1. The smallest absolute Gasteiger partial charge is 0.251 e. The summed E-state index contributed by atoms with van der Waals surface area (Å²) in [5, 5.41) is 14.1. The summed E-state index contributed by atoms with van der Waals surface area (Å²) in [6.07, 6.45) is 0. The molecule has 9 heteroatoms. The van der Waals surface area contributed by atoms with Gasteiger partial charge in [-0.15, -0.1) is 11.3 Å². The predicted molar refractivity (Wildman–Crippen MR) is 139 cm³/mol. The van der Waals surface area contributed by atoms with E-state index in [0.717, 1.165) is 47.9 Å². The maximum Gasteiger partial charge on any atom is 0.251 e. The van der Waals surface area contributed by atoms with Gasteiger partial charge in [-0.3, -0.25) is 14.5 Å². The molecule has 0 bridgehead atoms. The summed E-state index contributed by atoms with van der Waals surface area (Å²) < 4.78 is 0. The van der Waals surface area contributed by atoms with E-state index in [-0.39, 0.29) is 5.91 Å². The van der Waals surface area contributed by atoms with Gasteiger partial charge in [0.25, 0.3) is 5.91 Å². The zero-order chi connectivity index (χ0) is 25.2. The number of hydrogen-bond donors (Lipinski definition) is 3. The van der Waals surface area contributed by atoms with Gasteiger partial charge in [0.1, 0.15) is 10.8 Å². The molecule has 0 saturated carbocycles. The first-order valence-corrected chi connectivity index (χ1v) is 12.4. The molecule has 0 radical (unpaired) electrons. The van der Waals surface area contributed by atoms with Crippen molar-refractivity contribution in [2.24, 2.45) is 5.73 Å². The van der Waals surface area contributed by atoms with Crippen molar-refractivity contribution < 1.29 is 14.7 Å². The maximum atomic E-state index is 12.1. The highest BCUT2D eigenvalue weighted by atomic mass is 32.1. The number of aliphatic hydroxyl groups is 1. The summed E-state index contributed by atoms with van der Waals surface area (Å²) in [6.45, 7) is 8.85. The summed E-state index contributed by atoms with van der Waals surface area (Å²) in [4.78, 5) is 33.5. The number of nitrogens with one attached hydrogen (secondary N) is 1. The quantitative estimate of drug-likeness (QED) is 0.464. The molecular formula is C26H31N5O3S. The van der Waals surface area contributed by atoms with Gasteiger partial charge in [0.05, 0.1) is 16.9 Å². The zero-order valence-electron chi connectivity index (χ0n) is 20.2. The van der Waals surface area contributed by atoms with Crippen LogP contribution in [0.25, 0.3) is 10.4 Å². The second-order valence-electron chi connectivity index (χ2n) is 9.28. The fourth-order valence-electron chi connectivity index (χ4n) is 4.06. The van der Waals surface area contributed by atoms with Crippen LogP contribution in [0.1, 0.15) is 42.4 Å². The van der Waals surface area contributed by atoms with Crippen molar-refractivity contribution in [3.8, 4) is 10.4 Å². The Morgan fingerprint density at radius 2 is 1.80 bits per heavy atom. The van der Waals surface area contributed by atoms with Gasteiger partial charge >= 0.3 is 0 Å². The SMILES string of the molecule is CC(=O)N1CCN(Cc2cccc(Nc3sc(-c4ccc(C(C)(C)O)cc4)cc3C(N)=O)n2)CC1. The standard InChI is InChI=1S/C26H31N5O3S/c1-17(32)31-13-11-30(12-14-31)16-20-5-4-6-23(28-20)29-25-21(24(27)33)15-22(35-25)18-7-9-19(10-8-18)26(2,3)34/h4-10,15,34H,11-14,16H2,1-3H3,(H2,27,33)(H,28,29). The lowest BCUT2D eigenvalue weighted by Gasteiger charge is -2.33. The molecule has 0 aliphatic carbocycles. The van der Waals surface area contributed by atoms with Crippen LogP contribution in [0.5, 0.6) is 0 Å². The van der Waals surface area contributed by atoms with Crippen molar-refractivity contribution in [3.05, 3.63) is 65.4 Å². The van der Waals surface area contributed by atoms with E-state index in [1.165, 1.54) is 11.3 Å². The number of aromatic nitrogens is 1. The number of benzene rings is 1. The fraction of sp³-hybridized carbons (Fsp3) is 0.346. The van der Waals surface area contributed by atoms with Crippen LogP contribution in [0.4, 0.5) is 10.8 Å². The fourth-order valence-corrected chi connectivity index (χ4v) is 5.13. The molecule has 2 amide bonds. The molecular weight excluding hydrogens is 462 g/mol. The number of carbonyl (C=O) groups is 2. The largest absolute Gasteiger partial charge is 0.386 e. The molecule has 0 atom stereocenters. The molecule has 4 rings (SSSR count). The predicted octanol–water partition coefficient (Wildman–Crippen LogP) is 3.54. The lowest BCUT2D eigenvalue weighted by atomic mass is 9.97. The summed E-state index contributed by atoms with van der Waals surface area (Å²) >= 11 is 1.43. The highest BCUT2D eigenvalue weighted by Gasteiger charge is 2.20. The number of rotatable bonds is 7. The highest BCUT2D eigenvalue weighted by Crippen LogP contribution is 2.37. The van der Waals surface area contributed by atoms with Gasteiger partial charge in [0.15, 0.2) is 0 Å². The number of nitrogens with two attached hydrogens (primary N) is 1. The van der Waals surface area contributed by atoms with E-state index in [1.807, 2.05) is 47.4 Å². The second-order valence-corrected chi connectivity index (χ2v) is 10.3. The van der Waals surface area contributed by atoms with Crippen LogP contribution in [0.3, 0.4) is 0 Å². The second kappa shape index (κ2) is 10.2. The summed E-state index contributed by atoms with van der Waals surface area (Å²) in [7, 11) is 0. The van der Waals surface area contributed by atoms with Crippen molar-refractivity contribution in [1.82, 2.24) is 14.8 Å². The summed E-state index contributed by atoms with van der Waals surface area (Å²) in [5.41, 5.74) is 7.81. The van der Waals surface area contributed by atoms with Gasteiger partial charge < -0.3 is 21.1 Å². The van der Waals surface area contributed by atoms with Crippen LogP contribution in [0, 0.1) is 0 Å². The van der Waals surface area contributed by atoms with Gasteiger partial charge in [-0.25, -0.2) is 4.98 Å². The molecule has 1 aliphatic heterocycles. The van der Waals surface area contributed by atoms with E-state index in [4.69, 9.17) is 10.7 Å². The van der Waals surface area contributed by atoms with Crippen molar-refractivity contribution in [2.75, 3.05) is 31.5 Å². The average molecular weight is 494 g/mol. The molecule has 35 heavy (non-hydrogen) atoms. The summed E-state index contributed by atoms with van der Waals surface area (Å²) in [5.74, 6) is 0.239. The minimum absolute atomic E-state index is 0.114. The van der Waals surface area contributed by atoms with Crippen molar-refractivity contribution in [3.63, 3.8) is 0 Å². The van der Waals surface area contributed by atoms with E-state index < -0.39 is 11.5 Å². The number of pyridine rings is 1. The molecule has 1 fully saturated rings. The molecule has 3 aromatic rings. The Hall–Kier alpha value is -3.27. The van der Waals surface area contributed by atoms with Crippen LogP contribution < -0.4 is 11.1 Å². The van der Waals surface area contributed by atoms with Gasteiger partial charge in [-0.1, -0.05) is 30.3 Å². The Kier molecular flexibility index (Phi) is 7.20. The molecule has 1 aromatic carbocycles. The van der Waals surface area contributed by atoms with Gasteiger partial charge in [-0.05, 0) is 43.2 Å². The number of primary amides is 1. The number of carbonyl (C=O) groups excluding carboxylic acids is 2. The molecule has 184 valence electrons. The van der Waals surface area contributed by atoms with E-state index in [9.17, 15) is 14.7 Å². The first-order chi connectivity index (χ1) is 16.6. The minimum Gasteiger partial charge on any atom is -0.386 e. The lowest BCUT2D eigenvalue weighted by Crippen LogP contribution is -2.47. The lowest BCUT2D eigenvalue weighted by molar-refractivity contribution is -0.130. The number of hydrogen-bond acceptors (Lipinski definition) is 7. The summed E-state index contributed by atoms with van der Waals surface area (Å²) in [6, 6.07) is 15.2. The van der Waals surface area contributed by atoms with Crippen molar-refractivity contribution >= 4 is 34.0 Å². The molecule has 1 aliphatic rings. The van der Waals surface area contributed by atoms with Crippen LogP contribution in [-0.4, -0.2) is 57.9 Å². The zero-order valence-corrected chi connectivity index (χ0v) is 21.1. The minimum atomic E-state index is -0.920. The number of piperazine rings is 1. The third-order valence-electron chi connectivity index (χ3n) is 6.12. The molecule has 8 nitrogen and oxygen atoms in total. The molecule has 0 spiro atoms. The van der Waals surface area contributed by atoms with E-state index in [2.05, 4.69) is 10.2 Å². The molecule has 3 heterocycles. The molecule has 1 saturated heterocycles. The van der Waals surface area contributed by atoms with Crippen LogP contribution >= 0.6 is 11.3 Å². The Bertz CT molecular complexity index is 1210. The highest BCUT2D eigenvalue weighted by molar-refractivity contribution is 7.19. The van der Waals surface area contributed by atoms with Gasteiger partial charge in [0.2, 0.25) is 5.91 Å². The number of nitrogens with zero attached hydrogens (tertiary/aromatic N) is 3. The third kappa shape index (κ3) is 6.05. The van der Waals surface area contributed by atoms with Crippen LogP contribution in [0.2, 0.25) is 0 Å². The number of amides is 2. The van der Waals surface area contributed by atoms with E-state index in [0.29, 0.717) is 22.9 Å². The normalized spacial score (nSPS) is 14.7. The van der Waals surface area contributed by atoms with Gasteiger partial charge in [0, 0.05) is 44.5 Å². The third-order valence-corrected chi connectivity index (χ3v) is 7.22. The molecule has 0 unspecified atom stereocenters. The number of anilines is 2. The topological polar surface area (TPSA) is 112 Å².